The van der Waals surface area contributed by atoms with Crippen LogP contribution in [0.1, 0.15) is 31.4 Å². The molecule has 5 N–H and O–H groups in total. The Balaban J connectivity index is 2.26. The average molecular weight is 579 g/mol. The largest absolute Gasteiger partial charge is 0.465 e. The van der Waals surface area contributed by atoms with Gasteiger partial charge in [0.05, 0.1) is 19.3 Å². The minimum atomic E-state index is -1.26. The van der Waals surface area contributed by atoms with Gasteiger partial charge in [-0.05, 0) is 35.6 Å². The first kappa shape index (κ1) is 30.1. The van der Waals surface area contributed by atoms with Gasteiger partial charge in [0, 0.05) is 17.6 Å². The van der Waals surface area contributed by atoms with E-state index in [0.717, 1.165) is 15.6 Å². The molecule has 10 nitrogen and oxygen atoms in total. The topological polar surface area (TPSA) is 140 Å². The Morgan fingerprint density at radius 2 is 1.68 bits per heavy atom. The van der Waals surface area contributed by atoms with Gasteiger partial charge >= 0.3 is 12.2 Å². The third-order valence-electron chi connectivity index (χ3n) is 5.99. The maximum Gasteiger partial charge on any atom is 0.407 e. The lowest BCUT2D eigenvalue weighted by Gasteiger charge is -2.32. The number of aliphatic hydroxyl groups excluding tert-OH is 1. The van der Waals surface area contributed by atoms with E-state index in [-0.39, 0.29) is 25.4 Å². The molecule has 0 heterocycles. The number of carbonyl (C=O) groups is 3. The van der Waals surface area contributed by atoms with Gasteiger partial charge in [-0.15, -0.1) is 0 Å². The first-order chi connectivity index (χ1) is 17.6. The van der Waals surface area contributed by atoms with Gasteiger partial charge in [-0.25, -0.2) is 14.6 Å². The van der Waals surface area contributed by atoms with Crippen LogP contribution >= 0.6 is 15.9 Å². The minimum Gasteiger partial charge on any atom is -0.465 e. The van der Waals surface area contributed by atoms with E-state index in [0.29, 0.717) is 6.42 Å². The van der Waals surface area contributed by atoms with Crippen LogP contribution in [0.5, 0.6) is 0 Å². The number of halogens is 1. The van der Waals surface area contributed by atoms with Crippen molar-refractivity contribution in [3.63, 3.8) is 0 Å². The van der Waals surface area contributed by atoms with Crippen molar-refractivity contribution < 1.29 is 29.3 Å². The van der Waals surface area contributed by atoms with E-state index in [9.17, 15) is 24.6 Å². The summed E-state index contributed by atoms with van der Waals surface area (Å²) < 4.78 is 5.56. The van der Waals surface area contributed by atoms with E-state index < -0.39 is 36.3 Å². The summed E-state index contributed by atoms with van der Waals surface area (Å²) in [6, 6.07) is 15.0. The van der Waals surface area contributed by atoms with E-state index in [2.05, 4.69) is 36.7 Å². The first-order valence-electron chi connectivity index (χ1n) is 12.0. The number of amides is 3. The Morgan fingerprint density at radius 3 is 2.24 bits per heavy atom. The summed E-state index contributed by atoms with van der Waals surface area (Å²) in [6.45, 7) is 3.89. The Labute approximate surface area is 225 Å². The smallest absolute Gasteiger partial charge is 0.407 e. The molecular formula is C26H35BrN4O6. The van der Waals surface area contributed by atoms with Gasteiger partial charge in [0.25, 0.3) is 5.91 Å². The maximum atomic E-state index is 13.2. The number of hydrogen-bond acceptors (Lipinski definition) is 6. The molecule has 4 atom stereocenters. The number of methoxy groups -OCH3 is 1. The molecule has 0 spiro atoms. The van der Waals surface area contributed by atoms with Crippen molar-refractivity contribution in [1.29, 1.82) is 0 Å². The Bertz CT molecular complexity index is 1010. The molecule has 0 unspecified atom stereocenters. The van der Waals surface area contributed by atoms with Crippen molar-refractivity contribution in [3.8, 4) is 0 Å². The highest BCUT2D eigenvalue weighted by Gasteiger charge is 2.30. The van der Waals surface area contributed by atoms with Crippen LogP contribution in [0.4, 0.5) is 9.59 Å². The van der Waals surface area contributed by atoms with Crippen molar-refractivity contribution >= 4 is 34.0 Å². The fourth-order valence-corrected chi connectivity index (χ4v) is 4.00. The SMILES string of the molecule is CC[C@H](C)[C@H](NC(=O)OC)C(=O)NN(Cc1ccc(Br)cc1)C[C@@H](O)[C@H](Cc1ccccc1)NC(=O)O. The van der Waals surface area contributed by atoms with Gasteiger partial charge in [-0.2, -0.15) is 0 Å². The summed E-state index contributed by atoms with van der Waals surface area (Å²) in [7, 11) is 1.22. The third-order valence-corrected chi connectivity index (χ3v) is 6.52. The van der Waals surface area contributed by atoms with Crippen LogP contribution in [0.25, 0.3) is 0 Å². The van der Waals surface area contributed by atoms with E-state index in [1.807, 2.05) is 68.4 Å². The molecule has 0 saturated carbocycles. The Hall–Kier alpha value is -3.15. The molecule has 3 amide bonds. The molecule has 11 heteroatoms. The number of aliphatic hydroxyl groups is 1. The zero-order valence-electron chi connectivity index (χ0n) is 21.2. The fourth-order valence-electron chi connectivity index (χ4n) is 3.74. The molecule has 0 radical (unpaired) electrons. The first-order valence-corrected chi connectivity index (χ1v) is 12.8. The molecule has 0 fully saturated rings. The predicted molar refractivity (Wildman–Crippen MR) is 143 cm³/mol. The third kappa shape index (κ3) is 10.4. The van der Waals surface area contributed by atoms with Crippen molar-refractivity contribution in [1.82, 2.24) is 21.1 Å². The van der Waals surface area contributed by atoms with Gasteiger partial charge in [0.2, 0.25) is 0 Å². The summed E-state index contributed by atoms with van der Waals surface area (Å²) in [4.78, 5) is 36.6. The number of carboxylic acid groups (broad SMARTS) is 1. The molecule has 2 rings (SSSR count). The zero-order valence-corrected chi connectivity index (χ0v) is 22.8. The normalized spacial score (nSPS) is 14.2. The number of alkyl carbamates (subject to hydrolysis) is 1. The van der Waals surface area contributed by atoms with Gasteiger partial charge in [0.1, 0.15) is 6.04 Å². The van der Waals surface area contributed by atoms with Crippen molar-refractivity contribution in [2.24, 2.45) is 5.92 Å². The van der Waals surface area contributed by atoms with Crippen LogP contribution in [0.15, 0.2) is 59.1 Å². The number of carbonyl (C=O) groups excluding carboxylic acids is 2. The Morgan fingerprint density at radius 1 is 1.03 bits per heavy atom. The van der Waals surface area contributed by atoms with E-state index in [1.165, 1.54) is 12.1 Å². The summed E-state index contributed by atoms with van der Waals surface area (Å²) >= 11 is 3.40. The summed E-state index contributed by atoms with van der Waals surface area (Å²) in [5.74, 6) is -0.673. The Kier molecular flexibility index (Phi) is 12.3. The monoisotopic (exact) mass is 578 g/mol. The number of benzene rings is 2. The van der Waals surface area contributed by atoms with E-state index in [1.54, 1.807) is 0 Å². The molecule has 0 saturated heterocycles. The summed E-state index contributed by atoms with van der Waals surface area (Å²) in [5, 5.41) is 26.9. The molecule has 2 aromatic rings. The second kappa shape index (κ2) is 15.2. The zero-order chi connectivity index (χ0) is 27.4. The average Bonchev–Trinajstić information content (AvgIpc) is 2.87. The van der Waals surface area contributed by atoms with Crippen LogP contribution in [0, 0.1) is 5.92 Å². The van der Waals surface area contributed by atoms with Crippen LogP contribution in [-0.4, -0.2) is 65.2 Å². The minimum absolute atomic E-state index is 0.0783. The molecule has 0 aliphatic rings. The lowest BCUT2D eigenvalue weighted by atomic mass is 9.98. The summed E-state index contributed by atoms with van der Waals surface area (Å²) in [5.41, 5.74) is 4.50. The second-order valence-electron chi connectivity index (χ2n) is 8.80. The van der Waals surface area contributed by atoms with Crippen LogP contribution in [0.2, 0.25) is 0 Å². The fraction of sp³-hybridized carbons (Fsp3) is 0.423. The van der Waals surface area contributed by atoms with E-state index in [4.69, 9.17) is 0 Å². The van der Waals surface area contributed by atoms with Gasteiger partial charge < -0.3 is 25.6 Å². The molecule has 0 bridgehead atoms. The van der Waals surface area contributed by atoms with Gasteiger partial charge in [0.15, 0.2) is 0 Å². The number of hydrogen-bond donors (Lipinski definition) is 5. The van der Waals surface area contributed by atoms with Crippen LogP contribution < -0.4 is 16.1 Å². The number of nitrogens with one attached hydrogen (secondary N) is 3. The molecule has 0 aliphatic heterocycles. The highest BCUT2D eigenvalue weighted by Crippen LogP contribution is 2.14. The molecule has 202 valence electrons. The highest BCUT2D eigenvalue weighted by atomic mass is 79.9. The van der Waals surface area contributed by atoms with Gasteiger partial charge in [-0.3, -0.25) is 10.2 Å². The van der Waals surface area contributed by atoms with Crippen LogP contribution in [-0.2, 0) is 22.5 Å². The molecule has 0 aromatic heterocycles. The standard InChI is InChI=1S/C26H35BrN4O6/c1-4-17(2)23(29-26(36)37-3)24(33)30-31(15-19-10-12-20(27)13-11-19)16-22(32)21(28-25(34)35)14-18-8-6-5-7-9-18/h5-13,17,21-23,28,32H,4,14-16H2,1-3H3,(H,29,36)(H,30,33)(H,34,35)/t17-,21-,22+,23-/m0/s1. The summed E-state index contributed by atoms with van der Waals surface area (Å²) in [6.07, 6.45) is -2.27. The number of hydrazine groups is 1. The quantitative estimate of drug-likeness (QED) is 0.230. The molecule has 0 aliphatic carbocycles. The number of rotatable bonds is 13. The maximum absolute atomic E-state index is 13.2. The van der Waals surface area contributed by atoms with Crippen molar-refractivity contribution in [2.45, 2.75) is 51.4 Å². The number of ether oxygens (including phenoxy) is 1. The lowest BCUT2D eigenvalue weighted by Crippen LogP contribution is -2.57. The van der Waals surface area contributed by atoms with E-state index >= 15 is 0 Å². The highest BCUT2D eigenvalue weighted by molar-refractivity contribution is 9.10. The van der Waals surface area contributed by atoms with Gasteiger partial charge in [-0.1, -0.05) is 78.7 Å². The lowest BCUT2D eigenvalue weighted by molar-refractivity contribution is -0.130. The predicted octanol–water partition coefficient (Wildman–Crippen LogP) is 3.29. The number of nitrogens with zero attached hydrogens (tertiary/aromatic N) is 1. The van der Waals surface area contributed by atoms with Crippen molar-refractivity contribution in [2.75, 3.05) is 13.7 Å². The molecule has 37 heavy (non-hydrogen) atoms. The van der Waals surface area contributed by atoms with Crippen LogP contribution in [0.3, 0.4) is 0 Å². The molecule has 2 aromatic carbocycles. The van der Waals surface area contributed by atoms with Crippen molar-refractivity contribution in [3.05, 3.63) is 70.2 Å². The molecular weight excluding hydrogens is 544 g/mol. The second-order valence-corrected chi connectivity index (χ2v) is 9.71.